The SMILES string of the molecule is CCCCCNC(=O)c1ccc(S(=O)(=O)Nc2ccc(C#N)cc2)cc1. The third-order valence-corrected chi connectivity index (χ3v) is 5.16. The number of hydrogen-bond acceptors (Lipinski definition) is 4. The summed E-state index contributed by atoms with van der Waals surface area (Å²) < 4.78 is 27.3. The number of rotatable bonds is 8. The highest BCUT2D eigenvalue weighted by molar-refractivity contribution is 7.92. The molecule has 2 N–H and O–H groups in total. The van der Waals surface area contributed by atoms with Crippen LogP contribution in [0.2, 0.25) is 0 Å². The van der Waals surface area contributed by atoms with Crippen LogP contribution in [-0.2, 0) is 10.0 Å². The number of nitrogens with zero attached hydrogens (tertiary/aromatic N) is 1. The lowest BCUT2D eigenvalue weighted by Crippen LogP contribution is -2.24. The highest BCUT2D eigenvalue weighted by atomic mass is 32.2. The van der Waals surface area contributed by atoms with Crippen molar-refractivity contribution < 1.29 is 13.2 Å². The third-order valence-electron chi connectivity index (χ3n) is 3.76. The zero-order chi connectivity index (χ0) is 19.0. The monoisotopic (exact) mass is 371 g/mol. The summed E-state index contributed by atoms with van der Waals surface area (Å²) in [6, 6.07) is 13.8. The van der Waals surface area contributed by atoms with Crippen molar-refractivity contribution in [2.24, 2.45) is 0 Å². The molecule has 0 fully saturated rings. The molecule has 0 aliphatic heterocycles. The van der Waals surface area contributed by atoms with Gasteiger partial charge in [0, 0.05) is 17.8 Å². The van der Waals surface area contributed by atoms with Gasteiger partial charge in [0.05, 0.1) is 16.5 Å². The van der Waals surface area contributed by atoms with Gasteiger partial charge in [0.2, 0.25) is 0 Å². The predicted molar refractivity (Wildman–Crippen MR) is 100 cm³/mol. The number of nitrogens with one attached hydrogen (secondary N) is 2. The van der Waals surface area contributed by atoms with Crippen molar-refractivity contribution in [3.05, 3.63) is 59.7 Å². The Bertz CT molecular complexity index is 883. The van der Waals surface area contributed by atoms with Crippen LogP contribution in [0.3, 0.4) is 0 Å². The minimum Gasteiger partial charge on any atom is -0.352 e. The molecule has 0 aromatic heterocycles. The topological polar surface area (TPSA) is 99.1 Å². The fraction of sp³-hybridized carbons (Fsp3) is 0.263. The smallest absolute Gasteiger partial charge is 0.261 e. The highest BCUT2D eigenvalue weighted by Gasteiger charge is 2.15. The van der Waals surface area contributed by atoms with Gasteiger partial charge in [-0.3, -0.25) is 9.52 Å². The first-order chi connectivity index (χ1) is 12.5. The molecule has 2 rings (SSSR count). The molecule has 0 radical (unpaired) electrons. The van der Waals surface area contributed by atoms with E-state index in [9.17, 15) is 13.2 Å². The van der Waals surface area contributed by atoms with E-state index in [2.05, 4.69) is 17.0 Å². The predicted octanol–water partition coefficient (Wildman–Crippen LogP) is 3.28. The zero-order valence-electron chi connectivity index (χ0n) is 14.5. The average molecular weight is 371 g/mol. The van der Waals surface area contributed by atoms with E-state index < -0.39 is 10.0 Å². The number of hydrogen-bond donors (Lipinski definition) is 2. The van der Waals surface area contributed by atoms with E-state index in [0.717, 1.165) is 19.3 Å². The summed E-state index contributed by atoms with van der Waals surface area (Å²) in [5, 5.41) is 11.6. The molecule has 0 aliphatic carbocycles. The molecule has 0 saturated carbocycles. The first-order valence-corrected chi connectivity index (χ1v) is 9.86. The lowest BCUT2D eigenvalue weighted by molar-refractivity contribution is 0.0953. The zero-order valence-corrected chi connectivity index (χ0v) is 15.3. The summed E-state index contributed by atoms with van der Waals surface area (Å²) in [4.78, 5) is 12.1. The number of sulfonamides is 1. The summed E-state index contributed by atoms with van der Waals surface area (Å²) in [6.45, 7) is 2.69. The van der Waals surface area contributed by atoms with Gasteiger partial charge in [-0.05, 0) is 55.0 Å². The quantitative estimate of drug-likeness (QED) is 0.696. The second-order valence-electron chi connectivity index (χ2n) is 5.78. The number of nitriles is 1. The molecule has 0 spiro atoms. The standard InChI is InChI=1S/C19H21N3O3S/c1-2-3-4-13-21-19(23)16-7-11-18(12-8-16)26(24,25)22-17-9-5-15(14-20)6-10-17/h5-12,22H,2-4,13H2,1H3,(H,21,23). The van der Waals surface area contributed by atoms with E-state index >= 15 is 0 Å². The van der Waals surface area contributed by atoms with Crippen LogP contribution in [-0.4, -0.2) is 20.9 Å². The molecular formula is C19H21N3O3S. The van der Waals surface area contributed by atoms with Gasteiger partial charge in [0.25, 0.3) is 15.9 Å². The van der Waals surface area contributed by atoms with Crippen molar-refractivity contribution in [2.75, 3.05) is 11.3 Å². The first kappa shape index (κ1) is 19.5. The van der Waals surface area contributed by atoms with Crippen LogP contribution in [0, 0.1) is 11.3 Å². The van der Waals surface area contributed by atoms with E-state index in [4.69, 9.17) is 5.26 Å². The van der Waals surface area contributed by atoms with Gasteiger partial charge >= 0.3 is 0 Å². The second kappa shape index (κ2) is 9.02. The van der Waals surface area contributed by atoms with Crippen molar-refractivity contribution in [2.45, 2.75) is 31.1 Å². The Morgan fingerprint density at radius 2 is 1.69 bits per heavy atom. The molecule has 2 aromatic carbocycles. The van der Waals surface area contributed by atoms with E-state index in [0.29, 0.717) is 23.4 Å². The van der Waals surface area contributed by atoms with Crippen molar-refractivity contribution in [1.82, 2.24) is 5.32 Å². The number of benzene rings is 2. The van der Waals surface area contributed by atoms with Crippen LogP contribution in [0.5, 0.6) is 0 Å². The van der Waals surface area contributed by atoms with Crippen LogP contribution in [0.15, 0.2) is 53.4 Å². The molecule has 6 nitrogen and oxygen atoms in total. The van der Waals surface area contributed by atoms with Crippen LogP contribution in [0.25, 0.3) is 0 Å². The van der Waals surface area contributed by atoms with E-state index in [1.807, 2.05) is 6.07 Å². The molecule has 0 saturated heterocycles. The van der Waals surface area contributed by atoms with E-state index in [1.165, 1.54) is 48.5 Å². The third kappa shape index (κ3) is 5.33. The molecule has 2 aromatic rings. The van der Waals surface area contributed by atoms with Gasteiger partial charge in [-0.25, -0.2) is 8.42 Å². The van der Waals surface area contributed by atoms with Crippen LogP contribution in [0.1, 0.15) is 42.1 Å². The number of amides is 1. The van der Waals surface area contributed by atoms with Crippen molar-refractivity contribution in [3.63, 3.8) is 0 Å². The van der Waals surface area contributed by atoms with Gasteiger partial charge in [0.1, 0.15) is 0 Å². The lowest BCUT2D eigenvalue weighted by Gasteiger charge is -2.09. The number of unbranched alkanes of at least 4 members (excludes halogenated alkanes) is 2. The Balaban J connectivity index is 2.03. The molecular weight excluding hydrogens is 350 g/mol. The lowest BCUT2D eigenvalue weighted by atomic mass is 10.2. The van der Waals surface area contributed by atoms with Crippen molar-refractivity contribution in [1.29, 1.82) is 5.26 Å². The fourth-order valence-electron chi connectivity index (χ4n) is 2.29. The molecule has 26 heavy (non-hydrogen) atoms. The van der Waals surface area contributed by atoms with Crippen molar-refractivity contribution >= 4 is 21.6 Å². The Morgan fingerprint density at radius 3 is 2.27 bits per heavy atom. The first-order valence-electron chi connectivity index (χ1n) is 8.37. The normalized spacial score (nSPS) is 10.8. The molecule has 136 valence electrons. The summed E-state index contributed by atoms with van der Waals surface area (Å²) in [6.07, 6.45) is 3.05. The van der Waals surface area contributed by atoms with Gasteiger partial charge in [0.15, 0.2) is 0 Å². The molecule has 0 unspecified atom stereocenters. The molecule has 0 heterocycles. The molecule has 0 atom stereocenters. The Kier molecular flexibility index (Phi) is 6.75. The minimum atomic E-state index is -3.76. The van der Waals surface area contributed by atoms with Gasteiger partial charge in [-0.15, -0.1) is 0 Å². The molecule has 7 heteroatoms. The van der Waals surface area contributed by atoms with E-state index in [-0.39, 0.29) is 10.8 Å². The summed E-state index contributed by atoms with van der Waals surface area (Å²) in [7, 11) is -3.76. The molecule has 1 amide bonds. The van der Waals surface area contributed by atoms with Gasteiger partial charge < -0.3 is 5.32 Å². The summed E-state index contributed by atoms with van der Waals surface area (Å²) in [5.74, 6) is -0.217. The summed E-state index contributed by atoms with van der Waals surface area (Å²) >= 11 is 0. The average Bonchev–Trinajstić information content (AvgIpc) is 2.65. The second-order valence-corrected chi connectivity index (χ2v) is 7.46. The van der Waals surface area contributed by atoms with Crippen molar-refractivity contribution in [3.8, 4) is 6.07 Å². The van der Waals surface area contributed by atoms with Crippen LogP contribution in [0.4, 0.5) is 5.69 Å². The fourth-order valence-corrected chi connectivity index (χ4v) is 3.35. The highest BCUT2D eigenvalue weighted by Crippen LogP contribution is 2.17. The van der Waals surface area contributed by atoms with Gasteiger partial charge in [-0.2, -0.15) is 5.26 Å². The maximum Gasteiger partial charge on any atom is 0.261 e. The Hall–Kier alpha value is -2.85. The van der Waals surface area contributed by atoms with Crippen LogP contribution < -0.4 is 10.0 Å². The van der Waals surface area contributed by atoms with Crippen LogP contribution >= 0.6 is 0 Å². The largest absolute Gasteiger partial charge is 0.352 e. The maximum atomic E-state index is 12.4. The molecule has 0 bridgehead atoms. The minimum absolute atomic E-state index is 0.0596. The van der Waals surface area contributed by atoms with Gasteiger partial charge in [-0.1, -0.05) is 19.8 Å². The Morgan fingerprint density at radius 1 is 1.04 bits per heavy atom. The number of carbonyl (C=O) groups excluding carboxylic acids is 1. The Labute approximate surface area is 153 Å². The molecule has 0 aliphatic rings. The van der Waals surface area contributed by atoms with E-state index in [1.54, 1.807) is 0 Å². The number of anilines is 1. The summed E-state index contributed by atoms with van der Waals surface area (Å²) in [5.41, 5.74) is 1.22. The maximum absolute atomic E-state index is 12.4. The number of carbonyl (C=O) groups is 1.